The molecule has 3 heteroatoms. The predicted octanol–water partition coefficient (Wildman–Crippen LogP) is 4.65. The zero-order valence-electron chi connectivity index (χ0n) is 15.1. The van der Waals surface area contributed by atoms with Crippen molar-refractivity contribution >= 4 is 5.69 Å². The van der Waals surface area contributed by atoms with Crippen LogP contribution >= 0.6 is 0 Å². The molecule has 1 aromatic rings. The van der Waals surface area contributed by atoms with Crippen LogP contribution in [0.15, 0.2) is 24.3 Å². The summed E-state index contributed by atoms with van der Waals surface area (Å²) in [4.78, 5) is 2.30. The molecule has 0 aliphatic heterocycles. The van der Waals surface area contributed by atoms with Crippen LogP contribution in [0.25, 0.3) is 0 Å². The van der Waals surface area contributed by atoms with Crippen molar-refractivity contribution in [2.75, 3.05) is 24.5 Å². The van der Waals surface area contributed by atoms with Gasteiger partial charge in [0.25, 0.3) is 0 Å². The van der Waals surface area contributed by atoms with Crippen LogP contribution in [0.4, 0.5) is 5.69 Å². The molecule has 3 nitrogen and oxygen atoms in total. The number of benzene rings is 1. The van der Waals surface area contributed by atoms with Crippen LogP contribution in [0.2, 0.25) is 0 Å². The van der Waals surface area contributed by atoms with Gasteiger partial charge in [-0.05, 0) is 49.6 Å². The van der Waals surface area contributed by atoms with Crippen molar-refractivity contribution in [1.82, 2.24) is 0 Å². The molecule has 1 aromatic carbocycles. The van der Waals surface area contributed by atoms with Gasteiger partial charge in [0.15, 0.2) is 0 Å². The molecule has 0 fully saturated rings. The molecule has 0 aliphatic rings. The summed E-state index contributed by atoms with van der Waals surface area (Å²) >= 11 is 0. The number of aromatic hydroxyl groups is 1. The first-order valence-electron chi connectivity index (χ1n) is 8.22. The Hall–Kier alpha value is -1.22. The van der Waals surface area contributed by atoms with Crippen LogP contribution in [-0.2, 0) is 0 Å². The Bertz CT molecular complexity index is 334. The van der Waals surface area contributed by atoms with Gasteiger partial charge in [-0.3, -0.25) is 0 Å². The number of anilines is 1. The number of nitrogens with two attached hydrogens (primary N) is 1. The molecule has 0 amide bonds. The molecule has 0 radical (unpaired) electrons. The highest BCUT2D eigenvalue weighted by atomic mass is 16.3. The monoisotopic (exact) mass is 296 g/mol. The summed E-state index contributed by atoms with van der Waals surface area (Å²) in [7, 11) is 0. The van der Waals surface area contributed by atoms with Gasteiger partial charge in [-0.2, -0.15) is 0 Å². The fourth-order valence-electron chi connectivity index (χ4n) is 1.67. The molecule has 21 heavy (non-hydrogen) atoms. The lowest BCUT2D eigenvalue weighted by molar-refractivity contribution is 0.349. The SMILES string of the molecule is CC.CC.CCN(CCC(C)(C)CN)c1ccc(O)cc1. The molecule has 3 N–H and O–H groups in total. The highest BCUT2D eigenvalue weighted by Gasteiger charge is 2.16. The van der Waals surface area contributed by atoms with Crippen molar-refractivity contribution in [3.63, 3.8) is 0 Å². The largest absolute Gasteiger partial charge is 0.508 e. The van der Waals surface area contributed by atoms with Gasteiger partial charge in [-0.15, -0.1) is 0 Å². The van der Waals surface area contributed by atoms with Crippen LogP contribution in [0.5, 0.6) is 5.75 Å². The minimum Gasteiger partial charge on any atom is -0.508 e. The Balaban J connectivity index is 0. The molecule has 0 saturated carbocycles. The fourth-order valence-corrected chi connectivity index (χ4v) is 1.67. The van der Waals surface area contributed by atoms with E-state index in [0.717, 1.165) is 25.2 Å². The van der Waals surface area contributed by atoms with E-state index in [4.69, 9.17) is 5.73 Å². The number of phenols is 1. The second-order valence-corrected chi connectivity index (χ2v) is 5.21. The van der Waals surface area contributed by atoms with Gasteiger partial charge in [0, 0.05) is 18.8 Å². The highest BCUT2D eigenvalue weighted by molar-refractivity contribution is 5.48. The first kappa shape index (κ1) is 22.1. The second-order valence-electron chi connectivity index (χ2n) is 5.21. The molecular formula is C18H36N2O. The Morgan fingerprint density at radius 3 is 1.90 bits per heavy atom. The zero-order valence-corrected chi connectivity index (χ0v) is 15.1. The third kappa shape index (κ3) is 9.35. The van der Waals surface area contributed by atoms with E-state index in [9.17, 15) is 5.11 Å². The van der Waals surface area contributed by atoms with Gasteiger partial charge in [-0.25, -0.2) is 0 Å². The van der Waals surface area contributed by atoms with E-state index in [-0.39, 0.29) is 5.41 Å². The Kier molecular flexibility index (Phi) is 13.2. The average Bonchev–Trinajstić information content (AvgIpc) is 2.53. The number of rotatable bonds is 6. The topological polar surface area (TPSA) is 49.5 Å². The molecule has 1 rings (SSSR count). The van der Waals surface area contributed by atoms with Crippen LogP contribution in [0.1, 0.15) is 54.9 Å². The maximum Gasteiger partial charge on any atom is 0.115 e. The number of hydrogen-bond acceptors (Lipinski definition) is 3. The third-order valence-corrected chi connectivity index (χ3v) is 3.21. The Morgan fingerprint density at radius 1 is 1.05 bits per heavy atom. The molecule has 0 saturated heterocycles. The average molecular weight is 296 g/mol. The van der Waals surface area contributed by atoms with E-state index < -0.39 is 0 Å². The Labute approximate surface area is 132 Å². The number of hydrogen-bond donors (Lipinski definition) is 2. The van der Waals surface area contributed by atoms with Crippen molar-refractivity contribution < 1.29 is 5.11 Å². The molecular weight excluding hydrogens is 260 g/mol. The van der Waals surface area contributed by atoms with Crippen LogP contribution in [0, 0.1) is 5.41 Å². The van der Waals surface area contributed by atoms with E-state index in [1.54, 1.807) is 12.1 Å². The summed E-state index contributed by atoms with van der Waals surface area (Å²) in [5, 5.41) is 9.27. The van der Waals surface area contributed by atoms with Gasteiger partial charge in [-0.1, -0.05) is 41.5 Å². The predicted molar refractivity (Wildman–Crippen MR) is 96.1 cm³/mol. The Morgan fingerprint density at radius 2 is 1.52 bits per heavy atom. The molecule has 0 aliphatic carbocycles. The molecule has 0 spiro atoms. The van der Waals surface area contributed by atoms with Crippen LogP contribution in [0.3, 0.4) is 0 Å². The van der Waals surface area contributed by atoms with E-state index in [0.29, 0.717) is 12.3 Å². The van der Waals surface area contributed by atoms with Crippen molar-refractivity contribution in [1.29, 1.82) is 0 Å². The van der Waals surface area contributed by atoms with Crippen molar-refractivity contribution in [2.45, 2.75) is 54.9 Å². The lowest BCUT2D eigenvalue weighted by atomic mass is 9.89. The maximum atomic E-state index is 9.27. The van der Waals surface area contributed by atoms with Gasteiger partial charge >= 0.3 is 0 Å². The van der Waals surface area contributed by atoms with Gasteiger partial charge < -0.3 is 15.7 Å². The molecule has 0 bridgehead atoms. The molecule has 0 aromatic heterocycles. The fraction of sp³-hybridized carbons (Fsp3) is 0.667. The summed E-state index contributed by atoms with van der Waals surface area (Å²) in [6, 6.07) is 7.36. The zero-order chi connectivity index (χ0) is 16.9. The summed E-state index contributed by atoms with van der Waals surface area (Å²) in [6.07, 6.45) is 1.07. The van der Waals surface area contributed by atoms with Crippen molar-refractivity contribution in [2.24, 2.45) is 11.1 Å². The van der Waals surface area contributed by atoms with Crippen LogP contribution < -0.4 is 10.6 Å². The first-order chi connectivity index (χ1) is 9.98. The summed E-state index contributed by atoms with van der Waals surface area (Å²) in [5.74, 6) is 0.312. The smallest absolute Gasteiger partial charge is 0.115 e. The summed E-state index contributed by atoms with van der Waals surface area (Å²) in [5.41, 5.74) is 7.08. The van der Waals surface area contributed by atoms with Gasteiger partial charge in [0.1, 0.15) is 5.75 Å². The first-order valence-corrected chi connectivity index (χ1v) is 8.22. The summed E-state index contributed by atoms with van der Waals surface area (Å²) in [6.45, 7) is 17.2. The number of nitrogens with zero attached hydrogens (tertiary/aromatic N) is 1. The van der Waals surface area contributed by atoms with E-state index in [2.05, 4.69) is 25.7 Å². The van der Waals surface area contributed by atoms with Crippen molar-refractivity contribution in [3.05, 3.63) is 24.3 Å². The standard InChI is InChI=1S/C14H24N2O.2C2H6/c1-4-16(10-9-14(2,3)11-15)12-5-7-13(17)8-6-12;2*1-2/h5-8,17H,4,9-11,15H2,1-3H3;2*1-2H3. The van der Waals surface area contributed by atoms with Gasteiger partial charge in [0.2, 0.25) is 0 Å². The molecule has 0 unspecified atom stereocenters. The molecule has 0 atom stereocenters. The normalized spacial score (nSPS) is 9.90. The van der Waals surface area contributed by atoms with Crippen LogP contribution in [-0.4, -0.2) is 24.7 Å². The summed E-state index contributed by atoms with van der Waals surface area (Å²) < 4.78 is 0. The highest BCUT2D eigenvalue weighted by Crippen LogP contribution is 2.22. The van der Waals surface area contributed by atoms with E-state index in [1.165, 1.54) is 0 Å². The maximum absolute atomic E-state index is 9.27. The minimum absolute atomic E-state index is 0.185. The lowest BCUT2D eigenvalue weighted by Gasteiger charge is -2.29. The second kappa shape index (κ2) is 12.5. The van der Waals surface area contributed by atoms with Gasteiger partial charge in [0.05, 0.1) is 0 Å². The van der Waals surface area contributed by atoms with E-state index >= 15 is 0 Å². The number of phenolic OH excluding ortho intramolecular Hbond substituents is 1. The minimum atomic E-state index is 0.185. The lowest BCUT2D eigenvalue weighted by Crippen LogP contribution is -2.31. The van der Waals surface area contributed by atoms with Crippen molar-refractivity contribution in [3.8, 4) is 5.75 Å². The quantitative estimate of drug-likeness (QED) is 0.803. The molecule has 124 valence electrons. The third-order valence-electron chi connectivity index (χ3n) is 3.21. The van der Waals surface area contributed by atoms with E-state index in [1.807, 2.05) is 39.8 Å². The molecule has 0 heterocycles.